The fraction of sp³-hybridized carbons (Fsp3) is 0.750. The van der Waals surface area contributed by atoms with Gasteiger partial charge < -0.3 is 33.9 Å². The molecular formula is C28H43N7O8S. The van der Waals surface area contributed by atoms with E-state index in [9.17, 15) is 14.4 Å². The number of anilines is 1. The fourth-order valence-electron chi connectivity index (χ4n) is 3.71. The van der Waals surface area contributed by atoms with Crippen molar-refractivity contribution in [1.82, 2.24) is 14.1 Å². The number of ether oxygens (including phenoxy) is 5. The van der Waals surface area contributed by atoms with Crippen LogP contribution in [0.3, 0.4) is 0 Å². The maximum Gasteiger partial charge on any atom is 0.319 e. The molecular weight excluding hydrogens is 594 g/mol. The van der Waals surface area contributed by atoms with Gasteiger partial charge in [0.1, 0.15) is 31.3 Å². The normalized spacial score (nSPS) is 15.2. The Hall–Kier alpha value is -3.64. The zero-order valence-electron chi connectivity index (χ0n) is 25.9. The molecule has 44 heavy (non-hydrogen) atoms. The smallest absolute Gasteiger partial charge is 0.319 e. The van der Waals surface area contributed by atoms with Crippen LogP contribution in [0.4, 0.5) is 5.82 Å². The van der Waals surface area contributed by atoms with E-state index in [-0.39, 0.29) is 51.1 Å². The lowest BCUT2D eigenvalue weighted by atomic mass is 9.93. The summed E-state index contributed by atoms with van der Waals surface area (Å²) in [5.41, 5.74) is 6.59. The molecule has 244 valence electrons. The summed E-state index contributed by atoms with van der Waals surface area (Å²) in [6, 6.07) is 0. The number of aromatic nitrogens is 2. The highest BCUT2D eigenvalue weighted by molar-refractivity contribution is 6.99. The zero-order chi connectivity index (χ0) is 32.4. The minimum Gasteiger partial charge on any atom is -0.470 e. The highest BCUT2D eigenvalue weighted by Crippen LogP contribution is 2.27. The molecule has 16 heteroatoms. The van der Waals surface area contributed by atoms with Crippen LogP contribution in [0.1, 0.15) is 59.8 Å². The highest BCUT2D eigenvalue weighted by Gasteiger charge is 2.40. The van der Waals surface area contributed by atoms with E-state index in [0.717, 1.165) is 11.7 Å². The Bertz CT molecular complexity index is 1160. The van der Waals surface area contributed by atoms with Crippen LogP contribution >= 0.6 is 11.7 Å². The summed E-state index contributed by atoms with van der Waals surface area (Å²) in [6.45, 7) is 9.38. The molecule has 1 aromatic heterocycles. The number of nitrogens with zero attached hydrogens (tertiary/aromatic N) is 6. The predicted molar refractivity (Wildman–Crippen MR) is 162 cm³/mol. The van der Waals surface area contributed by atoms with Gasteiger partial charge in [0.25, 0.3) is 5.88 Å². The Morgan fingerprint density at radius 2 is 1.80 bits per heavy atom. The van der Waals surface area contributed by atoms with E-state index < -0.39 is 36.0 Å². The first kappa shape index (κ1) is 36.6. The van der Waals surface area contributed by atoms with Crippen LogP contribution in [0.15, 0.2) is 5.11 Å². The number of nitrogens with one attached hydrogen (secondary N) is 1. The number of unbranched alkanes of at least 4 members (excludes halogenated alkanes) is 1. The van der Waals surface area contributed by atoms with Crippen molar-refractivity contribution in [2.75, 3.05) is 64.1 Å². The fourth-order valence-corrected chi connectivity index (χ4v) is 4.23. The molecule has 15 nitrogen and oxygen atoms in total. The minimum absolute atomic E-state index is 0.0187. The van der Waals surface area contributed by atoms with Crippen LogP contribution < -0.4 is 15.0 Å². The second-order valence-electron chi connectivity index (χ2n) is 11.5. The first-order chi connectivity index (χ1) is 21.0. The number of azide groups is 1. The molecule has 1 unspecified atom stereocenters. The van der Waals surface area contributed by atoms with Gasteiger partial charge in [0.15, 0.2) is 0 Å². The van der Waals surface area contributed by atoms with Crippen LogP contribution in [0.2, 0.25) is 0 Å². The number of carbonyl (C=O) groups excluding carboxylic acids is 3. The molecule has 1 fully saturated rings. The van der Waals surface area contributed by atoms with Crippen LogP contribution in [-0.4, -0.2) is 97.5 Å². The molecule has 2 heterocycles. The highest BCUT2D eigenvalue weighted by atomic mass is 32.1. The monoisotopic (exact) mass is 637 g/mol. The Kier molecular flexibility index (Phi) is 15.7. The van der Waals surface area contributed by atoms with Gasteiger partial charge in [0, 0.05) is 55.9 Å². The number of esters is 3. The molecule has 0 amide bonds. The van der Waals surface area contributed by atoms with E-state index in [1.165, 1.54) is 6.92 Å². The third kappa shape index (κ3) is 13.8. The van der Waals surface area contributed by atoms with Crippen molar-refractivity contribution >= 4 is 35.5 Å². The van der Waals surface area contributed by atoms with Crippen LogP contribution in [0.5, 0.6) is 5.88 Å². The van der Waals surface area contributed by atoms with Crippen molar-refractivity contribution in [1.29, 1.82) is 0 Å². The van der Waals surface area contributed by atoms with Gasteiger partial charge in [-0.05, 0) is 46.1 Å². The quantitative estimate of drug-likeness (QED) is 0.0445. The molecule has 0 aromatic carbocycles. The predicted octanol–water partition coefficient (Wildman–Crippen LogP) is 3.04. The summed E-state index contributed by atoms with van der Waals surface area (Å²) in [6.07, 6.45) is 5.65. The van der Waals surface area contributed by atoms with Crippen LogP contribution in [-0.2, 0) is 33.3 Å². The average molecular weight is 638 g/mol. The first-order valence-corrected chi connectivity index (χ1v) is 15.2. The number of hydrogen-bond donors (Lipinski definition) is 1. The average Bonchev–Trinajstić information content (AvgIpc) is 3.47. The Balaban J connectivity index is 2.14. The first-order valence-electron chi connectivity index (χ1n) is 14.5. The molecule has 2 atom stereocenters. The Labute approximate surface area is 262 Å². The van der Waals surface area contributed by atoms with E-state index in [2.05, 4.69) is 30.0 Å². The lowest BCUT2D eigenvalue weighted by Gasteiger charge is -2.31. The van der Waals surface area contributed by atoms with Crippen LogP contribution in [0.25, 0.3) is 10.4 Å². The number of carbonyl (C=O) groups is 3. The summed E-state index contributed by atoms with van der Waals surface area (Å²) in [5.74, 6) is 1.50. The molecule has 1 N–H and O–H groups in total. The largest absolute Gasteiger partial charge is 0.470 e. The van der Waals surface area contributed by atoms with E-state index >= 15 is 0 Å². The summed E-state index contributed by atoms with van der Waals surface area (Å²) in [7, 11) is 0. The van der Waals surface area contributed by atoms with Gasteiger partial charge in [-0.1, -0.05) is 5.11 Å². The van der Waals surface area contributed by atoms with Gasteiger partial charge in [-0.25, -0.2) is 0 Å². The van der Waals surface area contributed by atoms with Gasteiger partial charge in [-0.3, -0.25) is 14.4 Å². The van der Waals surface area contributed by atoms with Gasteiger partial charge in [-0.15, -0.1) is 16.7 Å². The molecule has 1 aromatic rings. The van der Waals surface area contributed by atoms with Gasteiger partial charge in [-0.2, -0.15) is 4.37 Å². The van der Waals surface area contributed by atoms with Gasteiger partial charge in [0.05, 0.1) is 24.9 Å². The molecule has 0 spiro atoms. The zero-order valence-corrected chi connectivity index (χ0v) is 26.7. The number of hydrogen-bond acceptors (Lipinski definition) is 14. The standard InChI is InChI=1S/C28H43N7O8S/c1-6-7-8-10-22(36)41-19-28(5,20-42-23(37)11-9-12-31-34-29)26(38)43-21(17-30-27(2,3)4)18-40-25-24(32-44-33-25)35-13-15-39-16-14-35/h1,21,30H,7-20H2,2-5H3/t21-,28?/m0/s1. The van der Waals surface area contributed by atoms with Gasteiger partial charge in [0.2, 0.25) is 5.82 Å². The molecule has 0 bridgehead atoms. The lowest BCUT2D eigenvalue weighted by Crippen LogP contribution is -2.47. The minimum atomic E-state index is -1.52. The van der Waals surface area contributed by atoms with E-state index in [0.29, 0.717) is 50.8 Å². The van der Waals surface area contributed by atoms with Crippen molar-refractivity contribution in [3.63, 3.8) is 0 Å². The van der Waals surface area contributed by atoms with Crippen molar-refractivity contribution in [3.8, 4) is 18.2 Å². The maximum atomic E-state index is 13.6. The van der Waals surface area contributed by atoms with Gasteiger partial charge >= 0.3 is 17.9 Å². The van der Waals surface area contributed by atoms with E-state index in [1.807, 2.05) is 25.7 Å². The molecule has 0 saturated carbocycles. The number of morpholine rings is 1. The SMILES string of the molecule is C#CCCCC(=O)OCC(C)(COC(=O)CCCN=[N+]=[N-])C(=O)O[C@@H](CNC(C)(C)C)COc1nsnc1N1CCOCC1. The third-order valence-corrected chi connectivity index (χ3v) is 6.80. The summed E-state index contributed by atoms with van der Waals surface area (Å²) >= 11 is 1.02. The molecule has 0 radical (unpaired) electrons. The molecule has 1 aliphatic rings. The Morgan fingerprint density at radius 1 is 1.14 bits per heavy atom. The second kappa shape index (κ2) is 18.9. The molecule has 0 aliphatic carbocycles. The maximum absolute atomic E-state index is 13.6. The summed E-state index contributed by atoms with van der Waals surface area (Å²) < 4.78 is 36.7. The topological polar surface area (TPSA) is 187 Å². The number of rotatable bonds is 19. The van der Waals surface area contributed by atoms with E-state index in [4.69, 9.17) is 35.6 Å². The van der Waals surface area contributed by atoms with Crippen molar-refractivity contribution in [3.05, 3.63) is 10.4 Å². The van der Waals surface area contributed by atoms with Crippen LogP contribution in [0, 0.1) is 17.8 Å². The third-order valence-electron chi connectivity index (χ3n) is 6.29. The lowest BCUT2D eigenvalue weighted by molar-refractivity contribution is -0.175. The van der Waals surface area contributed by atoms with E-state index in [1.54, 1.807) is 0 Å². The number of terminal acetylenes is 1. The summed E-state index contributed by atoms with van der Waals surface area (Å²) in [5, 5.41) is 6.70. The summed E-state index contributed by atoms with van der Waals surface area (Å²) in [4.78, 5) is 43.0. The van der Waals surface area contributed by atoms with Crippen molar-refractivity contribution < 1.29 is 38.1 Å². The molecule has 1 aliphatic heterocycles. The molecule has 2 rings (SSSR count). The Morgan fingerprint density at radius 3 is 2.41 bits per heavy atom. The molecule has 1 saturated heterocycles. The van der Waals surface area contributed by atoms with Crippen molar-refractivity contribution in [2.45, 2.75) is 71.4 Å². The van der Waals surface area contributed by atoms with Crippen molar-refractivity contribution in [2.24, 2.45) is 10.5 Å². The second-order valence-corrected chi connectivity index (χ2v) is 12.0.